The average Bonchev–Trinajstić information content (AvgIpc) is 3.27. The molecular formula is C23H25N5O3S. The molecule has 166 valence electrons. The van der Waals surface area contributed by atoms with E-state index in [-0.39, 0.29) is 18.4 Å². The standard InChI is InChI=1S/C23H25N5O3S/c1-16-5-3-4-6-19(16)21-25-26-23(32-21)24-20(29)15-27-11-13-28(14-12-27)22(30)17-7-9-18(31-2)10-8-17/h3-10H,11-15H2,1-2H3,(H,24,26,29). The lowest BCUT2D eigenvalue weighted by Crippen LogP contribution is -2.50. The minimum atomic E-state index is -0.132. The number of aryl methyl sites for hydroxylation is 1. The summed E-state index contributed by atoms with van der Waals surface area (Å²) in [6, 6.07) is 15.1. The lowest BCUT2D eigenvalue weighted by atomic mass is 10.1. The summed E-state index contributed by atoms with van der Waals surface area (Å²) in [5.41, 5.74) is 2.77. The van der Waals surface area contributed by atoms with E-state index >= 15 is 0 Å². The highest BCUT2D eigenvalue weighted by atomic mass is 32.1. The van der Waals surface area contributed by atoms with Crippen molar-refractivity contribution >= 4 is 28.3 Å². The number of methoxy groups -OCH3 is 1. The van der Waals surface area contributed by atoms with E-state index < -0.39 is 0 Å². The van der Waals surface area contributed by atoms with Gasteiger partial charge in [0, 0.05) is 37.3 Å². The second-order valence-corrected chi connectivity index (χ2v) is 8.55. The van der Waals surface area contributed by atoms with Crippen LogP contribution in [0.3, 0.4) is 0 Å². The molecule has 1 aliphatic heterocycles. The molecule has 0 radical (unpaired) electrons. The first kappa shape index (κ1) is 21.9. The van der Waals surface area contributed by atoms with Gasteiger partial charge in [-0.15, -0.1) is 10.2 Å². The largest absolute Gasteiger partial charge is 0.497 e. The third kappa shape index (κ3) is 5.12. The Morgan fingerprint density at radius 3 is 2.44 bits per heavy atom. The average molecular weight is 452 g/mol. The van der Waals surface area contributed by atoms with Gasteiger partial charge < -0.3 is 9.64 Å². The third-order valence-electron chi connectivity index (χ3n) is 5.41. The molecule has 0 spiro atoms. The fourth-order valence-corrected chi connectivity index (χ4v) is 4.43. The van der Waals surface area contributed by atoms with Crippen LogP contribution in [0.1, 0.15) is 15.9 Å². The van der Waals surface area contributed by atoms with Crippen molar-refractivity contribution in [3.05, 3.63) is 59.7 Å². The maximum Gasteiger partial charge on any atom is 0.253 e. The molecule has 0 aliphatic carbocycles. The van der Waals surface area contributed by atoms with Crippen molar-refractivity contribution in [3.8, 4) is 16.3 Å². The second kappa shape index (κ2) is 9.88. The third-order valence-corrected chi connectivity index (χ3v) is 6.28. The molecule has 3 aromatic rings. The molecule has 1 N–H and O–H groups in total. The van der Waals surface area contributed by atoms with Gasteiger partial charge in [0.2, 0.25) is 11.0 Å². The van der Waals surface area contributed by atoms with Gasteiger partial charge in [-0.3, -0.25) is 19.8 Å². The number of carbonyl (C=O) groups is 2. The molecule has 1 fully saturated rings. The smallest absolute Gasteiger partial charge is 0.253 e. The lowest BCUT2D eigenvalue weighted by molar-refractivity contribution is -0.117. The van der Waals surface area contributed by atoms with Crippen LogP contribution in [0, 0.1) is 6.92 Å². The van der Waals surface area contributed by atoms with Gasteiger partial charge in [0.15, 0.2) is 0 Å². The van der Waals surface area contributed by atoms with Crippen molar-refractivity contribution in [1.29, 1.82) is 0 Å². The van der Waals surface area contributed by atoms with Crippen LogP contribution in [0.2, 0.25) is 0 Å². The van der Waals surface area contributed by atoms with Gasteiger partial charge in [0.05, 0.1) is 13.7 Å². The van der Waals surface area contributed by atoms with Gasteiger partial charge in [-0.25, -0.2) is 0 Å². The van der Waals surface area contributed by atoms with Gasteiger partial charge in [-0.2, -0.15) is 0 Å². The predicted octanol–water partition coefficient (Wildman–Crippen LogP) is 2.92. The Labute approximate surface area is 190 Å². The quantitative estimate of drug-likeness (QED) is 0.620. The first-order chi connectivity index (χ1) is 15.5. The minimum Gasteiger partial charge on any atom is -0.497 e. The van der Waals surface area contributed by atoms with E-state index in [9.17, 15) is 9.59 Å². The summed E-state index contributed by atoms with van der Waals surface area (Å²) in [7, 11) is 1.60. The predicted molar refractivity (Wildman–Crippen MR) is 124 cm³/mol. The Morgan fingerprint density at radius 1 is 1.03 bits per heavy atom. The number of nitrogens with one attached hydrogen (secondary N) is 1. The number of benzene rings is 2. The van der Waals surface area contributed by atoms with Crippen LogP contribution < -0.4 is 10.1 Å². The first-order valence-electron chi connectivity index (χ1n) is 10.4. The number of hydrogen-bond donors (Lipinski definition) is 1. The molecule has 1 saturated heterocycles. The molecule has 8 nitrogen and oxygen atoms in total. The normalized spacial score (nSPS) is 14.2. The molecular weight excluding hydrogens is 426 g/mol. The number of rotatable bonds is 6. The zero-order valence-corrected chi connectivity index (χ0v) is 18.9. The van der Waals surface area contributed by atoms with Crippen molar-refractivity contribution in [3.63, 3.8) is 0 Å². The summed E-state index contributed by atoms with van der Waals surface area (Å²) in [5, 5.41) is 12.4. The summed E-state index contributed by atoms with van der Waals surface area (Å²) in [4.78, 5) is 29.0. The molecule has 1 aliphatic rings. The van der Waals surface area contributed by atoms with E-state index in [1.807, 2.05) is 41.0 Å². The second-order valence-electron chi connectivity index (χ2n) is 7.57. The Morgan fingerprint density at radius 2 is 1.75 bits per heavy atom. The number of ether oxygens (including phenoxy) is 1. The lowest BCUT2D eigenvalue weighted by Gasteiger charge is -2.34. The van der Waals surface area contributed by atoms with Gasteiger partial charge in [0.1, 0.15) is 10.8 Å². The topological polar surface area (TPSA) is 87.7 Å². The van der Waals surface area contributed by atoms with E-state index in [2.05, 4.69) is 15.5 Å². The van der Waals surface area contributed by atoms with E-state index in [0.29, 0.717) is 36.9 Å². The number of aromatic nitrogens is 2. The summed E-state index contributed by atoms with van der Waals surface area (Å²) < 4.78 is 5.14. The van der Waals surface area contributed by atoms with Gasteiger partial charge in [-0.1, -0.05) is 35.6 Å². The van der Waals surface area contributed by atoms with Crippen molar-refractivity contribution in [2.24, 2.45) is 0 Å². The van der Waals surface area contributed by atoms with Crippen LogP contribution in [-0.2, 0) is 4.79 Å². The Bertz CT molecular complexity index is 1090. The van der Waals surface area contributed by atoms with E-state index in [1.54, 1.807) is 31.4 Å². The first-order valence-corrected chi connectivity index (χ1v) is 11.2. The fourth-order valence-electron chi connectivity index (χ4n) is 3.58. The van der Waals surface area contributed by atoms with E-state index in [4.69, 9.17) is 4.74 Å². The van der Waals surface area contributed by atoms with Crippen LogP contribution >= 0.6 is 11.3 Å². The fraction of sp³-hybridized carbons (Fsp3) is 0.304. The summed E-state index contributed by atoms with van der Waals surface area (Å²) >= 11 is 1.36. The highest BCUT2D eigenvalue weighted by Gasteiger charge is 2.23. The van der Waals surface area contributed by atoms with Crippen LogP contribution in [0.4, 0.5) is 5.13 Å². The molecule has 2 aromatic carbocycles. The molecule has 1 aromatic heterocycles. The Hall–Kier alpha value is -3.30. The number of amides is 2. The number of carbonyl (C=O) groups excluding carboxylic acids is 2. The van der Waals surface area contributed by atoms with E-state index in [1.165, 1.54) is 11.3 Å². The Balaban J connectivity index is 1.27. The zero-order chi connectivity index (χ0) is 22.5. The van der Waals surface area contributed by atoms with Crippen molar-refractivity contribution < 1.29 is 14.3 Å². The van der Waals surface area contributed by atoms with Crippen molar-refractivity contribution in [1.82, 2.24) is 20.0 Å². The molecule has 0 unspecified atom stereocenters. The monoisotopic (exact) mass is 451 g/mol. The van der Waals surface area contributed by atoms with Crippen molar-refractivity contribution in [2.75, 3.05) is 45.2 Å². The molecule has 2 heterocycles. The molecule has 4 rings (SSSR count). The van der Waals surface area contributed by atoms with Crippen LogP contribution in [0.5, 0.6) is 5.75 Å². The molecule has 0 bridgehead atoms. The molecule has 0 atom stereocenters. The van der Waals surface area contributed by atoms with E-state index in [0.717, 1.165) is 21.9 Å². The minimum absolute atomic E-state index is 0.00523. The molecule has 2 amide bonds. The maximum atomic E-state index is 12.7. The highest BCUT2D eigenvalue weighted by Crippen LogP contribution is 2.28. The molecule has 0 saturated carbocycles. The van der Waals surface area contributed by atoms with Crippen molar-refractivity contribution in [2.45, 2.75) is 6.92 Å². The van der Waals surface area contributed by atoms with Crippen LogP contribution in [0.15, 0.2) is 48.5 Å². The van der Waals surface area contributed by atoms with Crippen LogP contribution in [-0.4, -0.2) is 71.6 Å². The van der Waals surface area contributed by atoms with Gasteiger partial charge in [0.25, 0.3) is 5.91 Å². The molecule has 32 heavy (non-hydrogen) atoms. The Kier molecular flexibility index (Phi) is 6.77. The summed E-state index contributed by atoms with van der Waals surface area (Å²) in [6.07, 6.45) is 0. The summed E-state index contributed by atoms with van der Waals surface area (Å²) in [5.74, 6) is 0.584. The number of piperazine rings is 1. The SMILES string of the molecule is COc1ccc(C(=O)N2CCN(CC(=O)Nc3nnc(-c4ccccc4C)s3)CC2)cc1. The summed E-state index contributed by atoms with van der Waals surface area (Å²) in [6.45, 7) is 4.71. The number of hydrogen-bond acceptors (Lipinski definition) is 7. The zero-order valence-electron chi connectivity index (χ0n) is 18.1. The maximum absolute atomic E-state index is 12.7. The van der Waals surface area contributed by atoms with Gasteiger partial charge in [-0.05, 0) is 36.8 Å². The molecule has 9 heteroatoms. The number of nitrogens with zero attached hydrogens (tertiary/aromatic N) is 4. The highest BCUT2D eigenvalue weighted by molar-refractivity contribution is 7.18. The van der Waals surface area contributed by atoms with Gasteiger partial charge >= 0.3 is 0 Å². The number of anilines is 1. The van der Waals surface area contributed by atoms with Crippen LogP contribution in [0.25, 0.3) is 10.6 Å².